The third kappa shape index (κ3) is 3.02. The van der Waals surface area contributed by atoms with Crippen LogP contribution in [0.3, 0.4) is 0 Å². The molecule has 0 spiro atoms. The van der Waals surface area contributed by atoms with Gasteiger partial charge >= 0.3 is 0 Å². The van der Waals surface area contributed by atoms with Gasteiger partial charge in [0.2, 0.25) is 5.91 Å². The normalized spacial score (nSPS) is 28.9. The highest BCUT2D eigenvalue weighted by atomic mass is 16.2. The van der Waals surface area contributed by atoms with Gasteiger partial charge in [-0.3, -0.25) is 9.69 Å². The summed E-state index contributed by atoms with van der Waals surface area (Å²) in [6.45, 7) is 10.5. The maximum absolute atomic E-state index is 12.4. The summed E-state index contributed by atoms with van der Waals surface area (Å²) >= 11 is 0. The number of carbonyl (C=O) groups is 1. The molecule has 3 heteroatoms. The number of fused-ring (bicyclic) bond motifs is 2. The molecule has 1 amide bonds. The first-order chi connectivity index (χ1) is 9.04. The maximum Gasteiger partial charge on any atom is 0.249 e. The molecule has 108 valence electrons. The van der Waals surface area contributed by atoms with Crippen molar-refractivity contribution in [3.8, 4) is 0 Å². The van der Waals surface area contributed by atoms with Crippen molar-refractivity contribution in [3.05, 3.63) is 11.6 Å². The zero-order chi connectivity index (χ0) is 14.0. The van der Waals surface area contributed by atoms with Crippen molar-refractivity contribution in [1.82, 2.24) is 9.80 Å². The SMILES string of the molecule is CC/C=C(/C)C(=O)N1CC[C@H]2CC[C@@H](C1)N2C(C)C. The lowest BCUT2D eigenvalue weighted by atomic mass is 10.1. The van der Waals surface area contributed by atoms with Gasteiger partial charge in [-0.25, -0.2) is 0 Å². The Kier molecular flexibility index (Phi) is 4.67. The van der Waals surface area contributed by atoms with Crippen LogP contribution < -0.4 is 0 Å². The molecule has 0 unspecified atom stereocenters. The average molecular weight is 264 g/mol. The van der Waals surface area contributed by atoms with Gasteiger partial charge in [-0.15, -0.1) is 0 Å². The lowest BCUT2D eigenvalue weighted by Gasteiger charge is -2.32. The van der Waals surface area contributed by atoms with Gasteiger partial charge in [0.05, 0.1) is 0 Å². The summed E-state index contributed by atoms with van der Waals surface area (Å²) in [6, 6.07) is 1.86. The topological polar surface area (TPSA) is 23.6 Å². The van der Waals surface area contributed by atoms with Crippen LogP contribution in [0.5, 0.6) is 0 Å². The summed E-state index contributed by atoms with van der Waals surface area (Å²) in [4.78, 5) is 17.2. The number of carbonyl (C=O) groups excluding carboxylic acids is 1. The van der Waals surface area contributed by atoms with E-state index < -0.39 is 0 Å². The van der Waals surface area contributed by atoms with Crippen LogP contribution in [-0.4, -0.2) is 46.9 Å². The van der Waals surface area contributed by atoms with E-state index in [4.69, 9.17) is 0 Å². The molecule has 2 fully saturated rings. The minimum Gasteiger partial charge on any atom is -0.337 e. The number of amides is 1. The molecule has 2 saturated heterocycles. The van der Waals surface area contributed by atoms with Gasteiger partial charge in [0.1, 0.15) is 0 Å². The summed E-state index contributed by atoms with van der Waals surface area (Å²) in [7, 11) is 0. The highest BCUT2D eigenvalue weighted by Crippen LogP contribution is 2.32. The van der Waals surface area contributed by atoms with Crippen molar-refractivity contribution < 1.29 is 4.79 Å². The summed E-state index contributed by atoms with van der Waals surface area (Å²) in [6.07, 6.45) is 6.69. The predicted molar refractivity (Wildman–Crippen MR) is 79.0 cm³/mol. The minimum absolute atomic E-state index is 0.248. The van der Waals surface area contributed by atoms with Gasteiger partial charge in [-0.05, 0) is 46.5 Å². The van der Waals surface area contributed by atoms with Crippen molar-refractivity contribution in [2.45, 2.75) is 71.5 Å². The number of rotatable bonds is 3. The fourth-order valence-corrected chi connectivity index (χ4v) is 3.78. The molecule has 19 heavy (non-hydrogen) atoms. The lowest BCUT2D eigenvalue weighted by Crippen LogP contribution is -2.44. The van der Waals surface area contributed by atoms with E-state index in [2.05, 4.69) is 30.6 Å². The molecular formula is C16H28N2O. The molecule has 2 aliphatic heterocycles. The molecule has 0 saturated carbocycles. The van der Waals surface area contributed by atoms with Crippen molar-refractivity contribution in [2.75, 3.05) is 13.1 Å². The van der Waals surface area contributed by atoms with Crippen molar-refractivity contribution in [2.24, 2.45) is 0 Å². The molecule has 2 bridgehead atoms. The number of nitrogens with zero attached hydrogens (tertiary/aromatic N) is 2. The number of allylic oxidation sites excluding steroid dienone is 1. The van der Waals surface area contributed by atoms with Gasteiger partial charge in [0.25, 0.3) is 0 Å². The molecule has 0 aromatic rings. The van der Waals surface area contributed by atoms with E-state index >= 15 is 0 Å². The van der Waals surface area contributed by atoms with Crippen molar-refractivity contribution in [3.63, 3.8) is 0 Å². The smallest absolute Gasteiger partial charge is 0.249 e. The number of hydrogen-bond donors (Lipinski definition) is 0. The van der Waals surface area contributed by atoms with E-state index in [0.29, 0.717) is 18.1 Å². The fraction of sp³-hybridized carbons (Fsp3) is 0.812. The first-order valence-electron chi connectivity index (χ1n) is 7.78. The van der Waals surface area contributed by atoms with Crippen molar-refractivity contribution >= 4 is 5.91 Å². The molecule has 2 atom stereocenters. The Balaban J connectivity index is 2.08. The second-order valence-electron chi connectivity index (χ2n) is 6.26. The second kappa shape index (κ2) is 6.08. The predicted octanol–water partition coefficient (Wildman–Crippen LogP) is 2.82. The monoisotopic (exact) mass is 264 g/mol. The van der Waals surface area contributed by atoms with E-state index in [9.17, 15) is 4.79 Å². The van der Waals surface area contributed by atoms with E-state index in [0.717, 1.165) is 31.5 Å². The van der Waals surface area contributed by atoms with E-state index in [1.165, 1.54) is 12.8 Å². The van der Waals surface area contributed by atoms with Crippen molar-refractivity contribution in [1.29, 1.82) is 0 Å². The van der Waals surface area contributed by atoms with Crippen LogP contribution >= 0.6 is 0 Å². The third-order valence-corrected chi connectivity index (χ3v) is 4.57. The standard InChI is InChI=1S/C16H28N2O/c1-5-6-13(4)16(19)17-10-9-14-7-8-15(11-17)18(14)12(2)3/h6,12,14-15H,5,7-11H2,1-4H3/b13-6-/t14-,15+/m1/s1. The van der Waals surface area contributed by atoms with Gasteiger partial charge < -0.3 is 4.90 Å². The lowest BCUT2D eigenvalue weighted by molar-refractivity contribution is -0.127. The van der Waals surface area contributed by atoms with Gasteiger partial charge in [-0.1, -0.05) is 13.0 Å². The Morgan fingerprint density at radius 2 is 1.95 bits per heavy atom. The van der Waals surface area contributed by atoms with Crippen LogP contribution in [0, 0.1) is 0 Å². The van der Waals surface area contributed by atoms with Gasteiger partial charge in [0.15, 0.2) is 0 Å². The van der Waals surface area contributed by atoms with Crippen LogP contribution in [-0.2, 0) is 4.79 Å². The Hall–Kier alpha value is -0.830. The Bertz CT molecular complexity index is 362. The average Bonchev–Trinajstić information content (AvgIpc) is 2.64. The second-order valence-corrected chi connectivity index (χ2v) is 6.26. The molecule has 0 N–H and O–H groups in total. The molecule has 0 radical (unpaired) electrons. The largest absolute Gasteiger partial charge is 0.337 e. The Morgan fingerprint density at radius 3 is 2.58 bits per heavy atom. The zero-order valence-electron chi connectivity index (χ0n) is 12.9. The molecular weight excluding hydrogens is 236 g/mol. The molecule has 0 aliphatic carbocycles. The molecule has 0 aromatic carbocycles. The van der Waals surface area contributed by atoms with Gasteiger partial charge in [-0.2, -0.15) is 0 Å². The third-order valence-electron chi connectivity index (χ3n) is 4.57. The summed E-state index contributed by atoms with van der Waals surface area (Å²) in [5.74, 6) is 0.248. The van der Waals surface area contributed by atoms with E-state index in [1.54, 1.807) is 0 Å². The van der Waals surface area contributed by atoms with Crippen LogP contribution in [0.1, 0.15) is 53.4 Å². The quantitative estimate of drug-likeness (QED) is 0.732. The Morgan fingerprint density at radius 1 is 1.26 bits per heavy atom. The van der Waals surface area contributed by atoms with Gasteiger partial charge in [0, 0.05) is 36.8 Å². The maximum atomic E-state index is 12.4. The van der Waals surface area contributed by atoms with Crippen LogP contribution in [0.15, 0.2) is 11.6 Å². The minimum atomic E-state index is 0.248. The Labute approximate surface area is 117 Å². The summed E-state index contributed by atoms with van der Waals surface area (Å²) < 4.78 is 0. The van der Waals surface area contributed by atoms with Crippen LogP contribution in [0.25, 0.3) is 0 Å². The molecule has 2 aliphatic rings. The molecule has 2 heterocycles. The number of likely N-dealkylation sites (tertiary alicyclic amines) is 1. The van der Waals surface area contributed by atoms with Crippen LogP contribution in [0.4, 0.5) is 0 Å². The fourth-order valence-electron chi connectivity index (χ4n) is 3.78. The summed E-state index contributed by atoms with van der Waals surface area (Å²) in [5.41, 5.74) is 0.913. The first kappa shape index (κ1) is 14.6. The first-order valence-corrected chi connectivity index (χ1v) is 7.78. The molecule has 0 aromatic heterocycles. The zero-order valence-corrected chi connectivity index (χ0v) is 12.9. The number of hydrogen-bond acceptors (Lipinski definition) is 2. The van der Waals surface area contributed by atoms with E-state index in [1.807, 2.05) is 13.0 Å². The summed E-state index contributed by atoms with van der Waals surface area (Å²) in [5, 5.41) is 0. The molecule has 2 rings (SSSR count). The highest BCUT2D eigenvalue weighted by Gasteiger charge is 2.39. The van der Waals surface area contributed by atoms with E-state index in [-0.39, 0.29) is 5.91 Å². The molecule has 3 nitrogen and oxygen atoms in total. The highest BCUT2D eigenvalue weighted by molar-refractivity contribution is 5.92. The van der Waals surface area contributed by atoms with Crippen LogP contribution in [0.2, 0.25) is 0 Å².